The quantitative estimate of drug-likeness (QED) is 0.0923. The summed E-state index contributed by atoms with van der Waals surface area (Å²) in [5.74, 6) is -0.513. The zero-order valence-electron chi connectivity index (χ0n) is 23.0. The largest absolute Gasteiger partial charge is 0.324 e. The van der Waals surface area contributed by atoms with Gasteiger partial charge in [0.25, 0.3) is 5.91 Å². The maximum Gasteiger partial charge on any atom is 0.324 e. The van der Waals surface area contributed by atoms with Crippen LogP contribution in [0, 0.1) is 17.0 Å². The molecule has 2 aromatic carbocycles. The lowest BCUT2D eigenvalue weighted by atomic mass is 10.2. The minimum absolute atomic E-state index is 0.0384. The van der Waals surface area contributed by atoms with Crippen molar-refractivity contribution in [2.45, 2.75) is 51.3 Å². The smallest absolute Gasteiger partial charge is 0.267 e. The molecule has 0 radical (unpaired) electrons. The molecular weight excluding hydrogens is 583 g/mol. The molecule has 0 bridgehead atoms. The van der Waals surface area contributed by atoms with Crippen molar-refractivity contribution in [1.82, 2.24) is 9.29 Å². The molecular formula is C28H31N5O5S3. The third kappa shape index (κ3) is 7.22. The number of unbranched alkanes of at least 4 members (excludes halogenated alkanes) is 2. The predicted octanol–water partition coefficient (Wildman–Crippen LogP) is 6.85. The van der Waals surface area contributed by atoms with Crippen LogP contribution in [-0.2, 0) is 10.0 Å². The van der Waals surface area contributed by atoms with Gasteiger partial charge in [0, 0.05) is 24.7 Å². The van der Waals surface area contributed by atoms with Crippen molar-refractivity contribution in [1.29, 1.82) is 0 Å². The number of anilines is 1. The fourth-order valence-corrected chi connectivity index (χ4v) is 7.21. The fourth-order valence-electron chi connectivity index (χ4n) is 3.99. The van der Waals surface area contributed by atoms with Crippen LogP contribution in [0.1, 0.15) is 60.3 Å². The molecule has 0 spiro atoms. The van der Waals surface area contributed by atoms with Crippen molar-refractivity contribution in [3.8, 4) is 0 Å². The molecule has 4 rings (SSSR count). The molecule has 1 amide bonds. The number of sulfonamides is 1. The molecule has 216 valence electrons. The van der Waals surface area contributed by atoms with Gasteiger partial charge in [0.05, 0.1) is 31.1 Å². The molecule has 4 aromatic rings. The molecule has 0 N–H and O–H groups in total. The normalized spacial score (nSPS) is 12.0. The van der Waals surface area contributed by atoms with Crippen molar-refractivity contribution in [2.24, 2.45) is 5.10 Å². The molecule has 0 aliphatic carbocycles. The van der Waals surface area contributed by atoms with Crippen molar-refractivity contribution in [2.75, 3.05) is 18.1 Å². The lowest BCUT2D eigenvalue weighted by Gasteiger charge is -2.22. The zero-order valence-corrected chi connectivity index (χ0v) is 25.5. The van der Waals surface area contributed by atoms with E-state index in [1.54, 1.807) is 6.07 Å². The monoisotopic (exact) mass is 613 g/mol. The summed E-state index contributed by atoms with van der Waals surface area (Å²) in [6.45, 7) is 6.89. The zero-order chi connectivity index (χ0) is 29.6. The van der Waals surface area contributed by atoms with Gasteiger partial charge in [0.1, 0.15) is 0 Å². The van der Waals surface area contributed by atoms with E-state index in [0.717, 1.165) is 52.3 Å². The Kier molecular flexibility index (Phi) is 9.97. The average molecular weight is 614 g/mol. The summed E-state index contributed by atoms with van der Waals surface area (Å²) in [5, 5.41) is 16.9. The number of benzene rings is 2. The van der Waals surface area contributed by atoms with Crippen molar-refractivity contribution < 1.29 is 18.1 Å². The van der Waals surface area contributed by atoms with Gasteiger partial charge < -0.3 is 0 Å². The van der Waals surface area contributed by atoms with Gasteiger partial charge in [-0.05, 0) is 67.8 Å². The summed E-state index contributed by atoms with van der Waals surface area (Å²) in [7, 11) is -3.72. The van der Waals surface area contributed by atoms with E-state index in [9.17, 15) is 23.3 Å². The van der Waals surface area contributed by atoms with Crippen molar-refractivity contribution in [3.05, 3.63) is 80.7 Å². The lowest BCUT2D eigenvalue weighted by molar-refractivity contribution is -0.380. The highest BCUT2D eigenvalue weighted by Crippen LogP contribution is 2.31. The fraction of sp³-hybridized carbons (Fsp3) is 0.321. The molecule has 2 aromatic heterocycles. The van der Waals surface area contributed by atoms with Crippen LogP contribution in [0.3, 0.4) is 0 Å². The first-order valence-corrected chi connectivity index (χ1v) is 16.3. The number of hydrogen-bond acceptors (Lipinski definition) is 9. The molecule has 0 saturated carbocycles. The first-order chi connectivity index (χ1) is 19.6. The number of nitro groups is 1. The average Bonchev–Trinajstić information content (AvgIpc) is 3.60. The number of carbonyl (C=O) groups excluding carboxylic acids is 1. The topological polar surface area (TPSA) is 126 Å². The Hall–Kier alpha value is -3.52. The number of nitrogens with zero attached hydrogens (tertiary/aromatic N) is 5. The van der Waals surface area contributed by atoms with E-state index in [-0.39, 0.29) is 15.5 Å². The van der Waals surface area contributed by atoms with Gasteiger partial charge in [-0.1, -0.05) is 55.4 Å². The SMILES string of the molecule is CCCCN(CCCC)S(=O)(=O)c1ccc(C(=O)N(/N=C/c2ccc([N+](=O)[O-])s2)c2nc3ccc(C)cc3s2)cc1. The molecule has 13 heteroatoms. The van der Waals surface area contributed by atoms with Crippen LogP contribution >= 0.6 is 22.7 Å². The van der Waals surface area contributed by atoms with E-state index in [1.807, 2.05) is 39.0 Å². The Labute approximate surface area is 247 Å². The van der Waals surface area contributed by atoms with E-state index in [1.165, 1.54) is 52.2 Å². The highest BCUT2D eigenvalue weighted by molar-refractivity contribution is 7.89. The maximum absolute atomic E-state index is 13.7. The third-order valence-electron chi connectivity index (χ3n) is 6.26. The highest BCUT2D eigenvalue weighted by atomic mass is 32.2. The number of thiazole rings is 1. The summed E-state index contributed by atoms with van der Waals surface area (Å²) in [6, 6.07) is 14.5. The highest BCUT2D eigenvalue weighted by Gasteiger charge is 2.26. The number of amides is 1. The van der Waals surface area contributed by atoms with E-state index >= 15 is 0 Å². The molecule has 0 atom stereocenters. The van der Waals surface area contributed by atoms with Gasteiger partial charge in [0.15, 0.2) is 0 Å². The summed E-state index contributed by atoms with van der Waals surface area (Å²) in [5.41, 5.74) is 1.97. The van der Waals surface area contributed by atoms with E-state index in [0.29, 0.717) is 28.6 Å². The first kappa shape index (κ1) is 30.4. The van der Waals surface area contributed by atoms with E-state index in [2.05, 4.69) is 10.1 Å². The molecule has 2 heterocycles. The van der Waals surface area contributed by atoms with Gasteiger partial charge in [-0.25, -0.2) is 13.4 Å². The molecule has 0 aliphatic heterocycles. The summed E-state index contributed by atoms with van der Waals surface area (Å²) < 4.78 is 29.1. The van der Waals surface area contributed by atoms with Crippen LogP contribution in [0.15, 0.2) is 64.6 Å². The van der Waals surface area contributed by atoms with Crippen LogP contribution in [0.2, 0.25) is 0 Å². The van der Waals surface area contributed by atoms with Gasteiger partial charge in [-0.2, -0.15) is 14.4 Å². The second-order valence-corrected chi connectivity index (χ2v) is 13.4. The predicted molar refractivity (Wildman–Crippen MR) is 165 cm³/mol. The second-order valence-electron chi connectivity index (χ2n) is 9.40. The minimum Gasteiger partial charge on any atom is -0.267 e. The Bertz CT molecular complexity index is 1650. The number of aromatic nitrogens is 1. The number of hydrazone groups is 1. The second kappa shape index (κ2) is 13.4. The minimum atomic E-state index is -3.72. The van der Waals surface area contributed by atoms with Gasteiger partial charge in [-0.3, -0.25) is 14.9 Å². The van der Waals surface area contributed by atoms with Crippen LogP contribution < -0.4 is 5.01 Å². The molecule has 0 aliphatic rings. The molecule has 10 nitrogen and oxygen atoms in total. The number of rotatable bonds is 13. The van der Waals surface area contributed by atoms with Crippen molar-refractivity contribution in [3.63, 3.8) is 0 Å². The van der Waals surface area contributed by atoms with Gasteiger partial charge in [-0.15, -0.1) is 0 Å². The van der Waals surface area contributed by atoms with Crippen molar-refractivity contribution >= 4 is 65.2 Å². The van der Waals surface area contributed by atoms with Crippen LogP contribution in [0.5, 0.6) is 0 Å². The van der Waals surface area contributed by atoms with Gasteiger partial charge >= 0.3 is 5.00 Å². The maximum atomic E-state index is 13.7. The molecule has 0 fully saturated rings. The summed E-state index contributed by atoms with van der Waals surface area (Å²) in [6.07, 6.45) is 4.67. The Morgan fingerprint density at radius 3 is 2.32 bits per heavy atom. The van der Waals surface area contributed by atoms with E-state index < -0.39 is 20.9 Å². The van der Waals surface area contributed by atoms with Crippen LogP contribution in [0.25, 0.3) is 10.2 Å². The number of hydrogen-bond donors (Lipinski definition) is 0. The lowest BCUT2D eigenvalue weighted by Crippen LogP contribution is -2.33. The Morgan fingerprint density at radius 1 is 1.02 bits per heavy atom. The molecule has 41 heavy (non-hydrogen) atoms. The standard InChI is InChI=1S/C28H31N5O5S3/c1-4-6-16-31(17-7-5-2)41(37,38)23-12-9-21(10-13-23)27(34)32(29-19-22-11-15-26(39-22)33(35)36)28-30-24-14-8-20(3)18-25(24)40-28/h8-15,18-19H,4-7,16-17H2,1-3H3/b29-19+. The summed E-state index contributed by atoms with van der Waals surface area (Å²) >= 11 is 2.22. The number of aryl methyl sites for hydroxylation is 1. The van der Waals surface area contributed by atoms with Crippen LogP contribution in [0.4, 0.5) is 10.1 Å². The number of fused-ring (bicyclic) bond motifs is 1. The summed E-state index contributed by atoms with van der Waals surface area (Å²) in [4.78, 5) is 29.5. The number of thiophene rings is 1. The van der Waals surface area contributed by atoms with Crippen LogP contribution in [-0.4, -0.2) is 47.8 Å². The third-order valence-corrected chi connectivity index (χ3v) is 10.1. The number of carbonyl (C=O) groups is 1. The Balaban J connectivity index is 1.66. The Morgan fingerprint density at radius 2 is 1.71 bits per heavy atom. The molecule has 0 saturated heterocycles. The molecule has 0 unspecified atom stereocenters. The first-order valence-electron chi connectivity index (χ1n) is 13.2. The van der Waals surface area contributed by atoms with Gasteiger partial charge in [0.2, 0.25) is 15.2 Å². The van der Waals surface area contributed by atoms with E-state index in [4.69, 9.17) is 0 Å².